The summed E-state index contributed by atoms with van der Waals surface area (Å²) in [5, 5.41) is 7.68. The molecule has 0 heteroatoms. The lowest BCUT2D eigenvalue weighted by atomic mass is 9.82. The highest BCUT2D eigenvalue weighted by Gasteiger charge is 2.35. The molecule has 0 unspecified atom stereocenters. The van der Waals surface area contributed by atoms with E-state index in [0.29, 0.717) is 0 Å². The SMILES string of the molecule is CC1(C)c2ccccc2-c2cc(-c3ccc(-c4c5ccccc5c(-c5ccccc5)c5ccccc45)c4ccccc34)ccc21. The van der Waals surface area contributed by atoms with Crippen molar-refractivity contribution < 1.29 is 0 Å². The van der Waals surface area contributed by atoms with E-state index in [1.807, 2.05) is 0 Å². The Balaban J connectivity index is 1.31. The van der Waals surface area contributed by atoms with E-state index in [0.717, 1.165) is 0 Å². The second-order valence-electron chi connectivity index (χ2n) is 12.8. The Morgan fingerprint density at radius 1 is 0.311 bits per heavy atom. The van der Waals surface area contributed by atoms with Crippen LogP contribution in [0, 0.1) is 0 Å². The number of hydrogen-bond acceptors (Lipinski definition) is 0. The molecule has 0 aromatic heterocycles. The van der Waals surface area contributed by atoms with E-state index in [9.17, 15) is 0 Å². The van der Waals surface area contributed by atoms with Gasteiger partial charge in [0.1, 0.15) is 0 Å². The van der Waals surface area contributed by atoms with Crippen LogP contribution < -0.4 is 0 Å². The maximum atomic E-state index is 2.42. The molecule has 0 bridgehead atoms. The van der Waals surface area contributed by atoms with Crippen LogP contribution in [0.5, 0.6) is 0 Å². The van der Waals surface area contributed by atoms with Crippen molar-refractivity contribution in [3.63, 3.8) is 0 Å². The van der Waals surface area contributed by atoms with Crippen LogP contribution in [-0.4, -0.2) is 0 Å². The van der Waals surface area contributed by atoms with Gasteiger partial charge < -0.3 is 0 Å². The number of rotatable bonds is 3. The topological polar surface area (TPSA) is 0 Å². The zero-order valence-corrected chi connectivity index (χ0v) is 25.5. The molecule has 0 amide bonds. The maximum Gasteiger partial charge on any atom is 0.0158 e. The molecular formula is C45H32. The summed E-state index contributed by atoms with van der Waals surface area (Å²) in [4.78, 5) is 0. The summed E-state index contributed by atoms with van der Waals surface area (Å²) in [6.07, 6.45) is 0. The first-order chi connectivity index (χ1) is 22.1. The van der Waals surface area contributed by atoms with Crippen molar-refractivity contribution in [1.82, 2.24) is 0 Å². The predicted octanol–water partition coefficient (Wildman–Crippen LogP) is 12.5. The monoisotopic (exact) mass is 572 g/mol. The molecular weight excluding hydrogens is 540 g/mol. The zero-order valence-electron chi connectivity index (χ0n) is 25.5. The second kappa shape index (κ2) is 9.78. The van der Waals surface area contributed by atoms with Gasteiger partial charge in [-0.15, -0.1) is 0 Å². The van der Waals surface area contributed by atoms with Gasteiger partial charge in [-0.1, -0.05) is 166 Å². The molecule has 45 heavy (non-hydrogen) atoms. The number of benzene rings is 8. The van der Waals surface area contributed by atoms with Gasteiger partial charge in [-0.2, -0.15) is 0 Å². The van der Waals surface area contributed by atoms with Gasteiger partial charge in [-0.05, 0) is 94.0 Å². The fourth-order valence-electron chi connectivity index (χ4n) is 7.99. The molecule has 0 radical (unpaired) electrons. The van der Waals surface area contributed by atoms with E-state index in [4.69, 9.17) is 0 Å². The highest BCUT2D eigenvalue weighted by atomic mass is 14.4. The summed E-state index contributed by atoms with van der Waals surface area (Å²) >= 11 is 0. The Morgan fingerprint density at radius 2 is 0.800 bits per heavy atom. The lowest BCUT2D eigenvalue weighted by molar-refractivity contribution is 0.660. The molecule has 9 rings (SSSR count). The van der Waals surface area contributed by atoms with Crippen molar-refractivity contribution in [1.29, 1.82) is 0 Å². The second-order valence-corrected chi connectivity index (χ2v) is 12.8. The predicted molar refractivity (Wildman–Crippen MR) is 193 cm³/mol. The molecule has 0 atom stereocenters. The van der Waals surface area contributed by atoms with Crippen LogP contribution in [0.3, 0.4) is 0 Å². The average molecular weight is 573 g/mol. The van der Waals surface area contributed by atoms with Crippen molar-refractivity contribution in [3.8, 4) is 44.5 Å². The van der Waals surface area contributed by atoms with Gasteiger partial charge in [0.2, 0.25) is 0 Å². The van der Waals surface area contributed by atoms with Crippen LogP contribution in [0.2, 0.25) is 0 Å². The van der Waals surface area contributed by atoms with Crippen LogP contribution in [-0.2, 0) is 5.41 Å². The molecule has 0 nitrogen and oxygen atoms in total. The summed E-state index contributed by atoms with van der Waals surface area (Å²) in [6.45, 7) is 4.69. The van der Waals surface area contributed by atoms with E-state index in [2.05, 4.69) is 172 Å². The molecule has 1 aliphatic carbocycles. The third-order valence-corrected chi connectivity index (χ3v) is 10.1. The number of hydrogen-bond donors (Lipinski definition) is 0. The largest absolute Gasteiger partial charge is 0.0622 e. The van der Waals surface area contributed by atoms with Crippen molar-refractivity contribution >= 4 is 32.3 Å². The Labute approximate surface area is 264 Å². The molecule has 0 heterocycles. The quantitative estimate of drug-likeness (QED) is 0.185. The van der Waals surface area contributed by atoms with Crippen LogP contribution in [0.15, 0.2) is 158 Å². The molecule has 8 aromatic rings. The van der Waals surface area contributed by atoms with E-state index < -0.39 is 0 Å². The minimum atomic E-state index is 0.00437. The van der Waals surface area contributed by atoms with Crippen molar-refractivity contribution in [3.05, 3.63) is 169 Å². The Morgan fingerprint density at radius 3 is 1.47 bits per heavy atom. The first-order valence-electron chi connectivity index (χ1n) is 15.9. The zero-order chi connectivity index (χ0) is 30.1. The standard InChI is InChI=1S/C45H32/c1-45(2)41-23-13-12-18-34(41)40-28-30(24-27-42(40)45)31-25-26-39(33-17-7-6-16-32(31)33)44-37-21-10-8-19-35(37)43(29-14-4-3-5-15-29)36-20-9-11-22-38(36)44/h3-28H,1-2H3. The minimum Gasteiger partial charge on any atom is -0.0622 e. The first-order valence-corrected chi connectivity index (χ1v) is 15.9. The molecule has 0 spiro atoms. The van der Waals surface area contributed by atoms with E-state index >= 15 is 0 Å². The summed E-state index contributed by atoms with van der Waals surface area (Å²) in [5.74, 6) is 0. The molecule has 0 N–H and O–H groups in total. The van der Waals surface area contributed by atoms with Crippen LogP contribution in [0.25, 0.3) is 76.8 Å². The minimum absolute atomic E-state index is 0.00437. The fraction of sp³-hybridized carbons (Fsp3) is 0.0667. The van der Waals surface area contributed by atoms with E-state index in [-0.39, 0.29) is 5.41 Å². The third-order valence-electron chi connectivity index (χ3n) is 10.1. The molecule has 212 valence electrons. The fourth-order valence-corrected chi connectivity index (χ4v) is 7.99. The molecule has 0 saturated carbocycles. The summed E-state index contributed by atoms with van der Waals surface area (Å²) < 4.78 is 0. The Bertz CT molecular complexity index is 2390. The summed E-state index contributed by atoms with van der Waals surface area (Å²) in [7, 11) is 0. The normalized spacial score (nSPS) is 13.3. The van der Waals surface area contributed by atoms with E-state index in [1.54, 1.807) is 0 Å². The van der Waals surface area contributed by atoms with Crippen molar-refractivity contribution in [2.45, 2.75) is 19.3 Å². The third kappa shape index (κ3) is 3.79. The van der Waals surface area contributed by atoms with Gasteiger partial charge in [0, 0.05) is 5.41 Å². The molecule has 0 aliphatic heterocycles. The van der Waals surface area contributed by atoms with Crippen molar-refractivity contribution in [2.24, 2.45) is 0 Å². The van der Waals surface area contributed by atoms with E-state index in [1.165, 1.54) is 88.0 Å². The van der Waals surface area contributed by atoms with Gasteiger partial charge >= 0.3 is 0 Å². The van der Waals surface area contributed by atoms with Gasteiger partial charge in [0.05, 0.1) is 0 Å². The maximum absolute atomic E-state index is 2.42. The van der Waals surface area contributed by atoms with Crippen LogP contribution >= 0.6 is 0 Å². The Kier molecular flexibility index (Phi) is 5.64. The molecule has 1 aliphatic rings. The van der Waals surface area contributed by atoms with Crippen LogP contribution in [0.4, 0.5) is 0 Å². The summed E-state index contributed by atoms with van der Waals surface area (Å²) in [6, 6.07) is 58.3. The lowest BCUT2D eigenvalue weighted by Gasteiger charge is -2.21. The smallest absolute Gasteiger partial charge is 0.0158 e. The van der Waals surface area contributed by atoms with Crippen molar-refractivity contribution in [2.75, 3.05) is 0 Å². The molecule has 8 aromatic carbocycles. The summed E-state index contributed by atoms with van der Waals surface area (Å²) in [5.41, 5.74) is 13.2. The first kappa shape index (κ1) is 26.0. The van der Waals surface area contributed by atoms with Gasteiger partial charge in [0.15, 0.2) is 0 Å². The molecule has 0 saturated heterocycles. The highest BCUT2D eigenvalue weighted by Crippen LogP contribution is 2.51. The lowest BCUT2D eigenvalue weighted by Crippen LogP contribution is -2.14. The van der Waals surface area contributed by atoms with Gasteiger partial charge in [-0.25, -0.2) is 0 Å². The van der Waals surface area contributed by atoms with Crippen LogP contribution in [0.1, 0.15) is 25.0 Å². The average Bonchev–Trinajstić information content (AvgIpc) is 3.33. The van der Waals surface area contributed by atoms with Gasteiger partial charge in [-0.3, -0.25) is 0 Å². The van der Waals surface area contributed by atoms with Gasteiger partial charge in [0.25, 0.3) is 0 Å². The molecule has 0 fully saturated rings. The Hall–Kier alpha value is -5.46. The highest BCUT2D eigenvalue weighted by molar-refractivity contribution is 6.24. The number of fused-ring (bicyclic) bond motifs is 6.